The number of aliphatic hydroxyl groups is 1. The van der Waals surface area contributed by atoms with Crippen molar-refractivity contribution in [2.75, 3.05) is 0 Å². The van der Waals surface area contributed by atoms with Crippen LogP contribution < -0.4 is 0 Å². The van der Waals surface area contributed by atoms with Gasteiger partial charge in [0.2, 0.25) is 0 Å². The molecule has 4 heteroatoms. The number of hydrogen-bond acceptors (Lipinski definition) is 2. The van der Waals surface area contributed by atoms with Crippen LogP contribution >= 0.6 is 15.9 Å². The van der Waals surface area contributed by atoms with Crippen LogP contribution in [0.2, 0.25) is 0 Å². The fourth-order valence-corrected chi connectivity index (χ4v) is 1.56. The van der Waals surface area contributed by atoms with Crippen LogP contribution in [0, 0.1) is 23.1 Å². The molecule has 0 spiro atoms. The Morgan fingerprint density at radius 3 is 2.73 bits per heavy atom. The van der Waals surface area contributed by atoms with Crippen molar-refractivity contribution in [1.29, 1.82) is 5.26 Å². The highest BCUT2D eigenvalue weighted by Crippen LogP contribution is 2.26. The minimum Gasteiger partial charge on any atom is -0.387 e. The largest absolute Gasteiger partial charge is 0.387 e. The molecule has 0 amide bonds. The number of nitrogens with zero attached hydrogens (tertiary/aromatic N) is 1. The van der Waals surface area contributed by atoms with Gasteiger partial charge in [0, 0.05) is 0 Å². The lowest BCUT2D eigenvalue weighted by molar-refractivity contribution is 0.132. The SMILES string of the molecule is CCC(C#N)C(O)c1ccc(Br)c(F)c1. The number of aliphatic hydroxyl groups excluding tert-OH is 1. The molecule has 1 aromatic rings. The summed E-state index contributed by atoms with van der Waals surface area (Å²) < 4.78 is 13.5. The number of hydrogen-bond donors (Lipinski definition) is 1. The van der Waals surface area contributed by atoms with E-state index in [0.29, 0.717) is 16.5 Å². The fraction of sp³-hybridized carbons (Fsp3) is 0.364. The lowest BCUT2D eigenvalue weighted by Gasteiger charge is -2.15. The molecule has 0 aliphatic heterocycles. The van der Waals surface area contributed by atoms with Crippen molar-refractivity contribution < 1.29 is 9.50 Å². The average molecular weight is 272 g/mol. The van der Waals surface area contributed by atoms with Gasteiger partial charge in [-0.2, -0.15) is 5.26 Å². The molecule has 80 valence electrons. The number of halogens is 2. The van der Waals surface area contributed by atoms with E-state index in [0.717, 1.165) is 0 Å². The predicted octanol–water partition coefficient (Wildman–Crippen LogP) is 3.17. The van der Waals surface area contributed by atoms with Gasteiger partial charge in [-0.1, -0.05) is 13.0 Å². The molecule has 2 unspecified atom stereocenters. The summed E-state index contributed by atoms with van der Waals surface area (Å²) in [7, 11) is 0. The first-order valence-corrected chi connectivity index (χ1v) is 5.42. The van der Waals surface area contributed by atoms with Gasteiger partial charge >= 0.3 is 0 Å². The Kier molecular flexibility index (Phi) is 4.25. The Bertz CT molecular complexity index is 389. The van der Waals surface area contributed by atoms with E-state index < -0.39 is 17.8 Å². The van der Waals surface area contributed by atoms with Crippen molar-refractivity contribution in [3.05, 3.63) is 34.1 Å². The lowest BCUT2D eigenvalue weighted by atomic mass is 9.95. The van der Waals surface area contributed by atoms with Gasteiger partial charge in [-0.3, -0.25) is 0 Å². The molecule has 0 saturated heterocycles. The van der Waals surface area contributed by atoms with E-state index >= 15 is 0 Å². The van der Waals surface area contributed by atoms with E-state index in [1.807, 2.05) is 13.0 Å². The van der Waals surface area contributed by atoms with Gasteiger partial charge in [-0.25, -0.2) is 4.39 Å². The topological polar surface area (TPSA) is 44.0 Å². The third-order valence-electron chi connectivity index (χ3n) is 2.27. The maximum absolute atomic E-state index is 13.2. The van der Waals surface area contributed by atoms with Crippen LogP contribution in [0.4, 0.5) is 4.39 Å². The first-order valence-electron chi connectivity index (χ1n) is 4.62. The summed E-state index contributed by atoms with van der Waals surface area (Å²) >= 11 is 3.03. The highest BCUT2D eigenvalue weighted by molar-refractivity contribution is 9.10. The van der Waals surface area contributed by atoms with Crippen LogP contribution in [0.3, 0.4) is 0 Å². The van der Waals surface area contributed by atoms with Crippen molar-refractivity contribution in [2.24, 2.45) is 5.92 Å². The van der Waals surface area contributed by atoms with E-state index in [4.69, 9.17) is 5.26 Å². The van der Waals surface area contributed by atoms with Crippen molar-refractivity contribution in [2.45, 2.75) is 19.4 Å². The van der Waals surface area contributed by atoms with Gasteiger partial charge in [0.25, 0.3) is 0 Å². The zero-order chi connectivity index (χ0) is 11.4. The average Bonchev–Trinajstić information content (AvgIpc) is 2.23. The number of nitriles is 1. The molecule has 1 N–H and O–H groups in total. The van der Waals surface area contributed by atoms with Crippen LogP contribution in [-0.2, 0) is 0 Å². The summed E-state index contributed by atoms with van der Waals surface area (Å²) in [5.41, 5.74) is 0.434. The summed E-state index contributed by atoms with van der Waals surface area (Å²) in [4.78, 5) is 0. The first kappa shape index (κ1) is 12.2. The summed E-state index contributed by atoms with van der Waals surface area (Å²) in [5.74, 6) is -0.926. The van der Waals surface area contributed by atoms with Gasteiger partial charge < -0.3 is 5.11 Å². The minimum absolute atomic E-state index is 0.350. The van der Waals surface area contributed by atoms with E-state index in [1.54, 1.807) is 6.07 Å². The van der Waals surface area contributed by atoms with Gasteiger partial charge in [-0.15, -0.1) is 0 Å². The maximum Gasteiger partial charge on any atom is 0.137 e. The molecule has 2 nitrogen and oxygen atoms in total. The van der Waals surface area contributed by atoms with Gasteiger partial charge in [0.05, 0.1) is 22.6 Å². The van der Waals surface area contributed by atoms with Crippen molar-refractivity contribution in [3.8, 4) is 6.07 Å². The van der Waals surface area contributed by atoms with E-state index in [9.17, 15) is 9.50 Å². The molecule has 0 heterocycles. The highest BCUT2D eigenvalue weighted by Gasteiger charge is 2.19. The van der Waals surface area contributed by atoms with Crippen LogP contribution in [0.1, 0.15) is 25.0 Å². The van der Waals surface area contributed by atoms with Crippen molar-refractivity contribution >= 4 is 15.9 Å². The summed E-state index contributed by atoms with van der Waals surface area (Å²) in [6.45, 7) is 1.81. The zero-order valence-corrected chi connectivity index (χ0v) is 9.83. The molecule has 0 aromatic heterocycles. The van der Waals surface area contributed by atoms with Crippen molar-refractivity contribution in [3.63, 3.8) is 0 Å². The molecule has 15 heavy (non-hydrogen) atoms. The van der Waals surface area contributed by atoms with E-state index in [2.05, 4.69) is 15.9 Å². The van der Waals surface area contributed by atoms with Crippen LogP contribution in [-0.4, -0.2) is 5.11 Å². The molecule has 0 aliphatic rings. The normalized spacial score (nSPS) is 14.3. The number of rotatable bonds is 3. The monoisotopic (exact) mass is 271 g/mol. The fourth-order valence-electron chi connectivity index (χ4n) is 1.31. The Hall–Kier alpha value is -0.920. The zero-order valence-electron chi connectivity index (χ0n) is 8.24. The van der Waals surface area contributed by atoms with E-state index in [1.165, 1.54) is 12.1 Å². The third-order valence-corrected chi connectivity index (χ3v) is 2.92. The Morgan fingerprint density at radius 2 is 2.27 bits per heavy atom. The first-order chi connectivity index (χ1) is 7.10. The molecule has 2 atom stereocenters. The molecule has 0 bridgehead atoms. The summed E-state index contributed by atoms with van der Waals surface area (Å²) in [6, 6.07) is 6.38. The molecule has 1 rings (SSSR count). The Balaban J connectivity index is 2.97. The maximum atomic E-state index is 13.2. The molecular weight excluding hydrogens is 261 g/mol. The molecule has 0 aliphatic carbocycles. The quantitative estimate of drug-likeness (QED) is 0.918. The second-order valence-corrected chi connectivity index (χ2v) is 4.12. The Morgan fingerprint density at radius 1 is 1.60 bits per heavy atom. The van der Waals surface area contributed by atoms with Gasteiger partial charge in [0.15, 0.2) is 0 Å². The second kappa shape index (κ2) is 5.24. The predicted molar refractivity (Wildman–Crippen MR) is 58.5 cm³/mol. The van der Waals surface area contributed by atoms with Crippen molar-refractivity contribution in [1.82, 2.24) is 0 Å². The molecule has 0 radical (unpaired) electrons. The minimum atomic E-state index is -0.928. The van der Waals surface area contributed by atoms with Gasteiger partial charge in [0.1, 0.15) is 5.82 Å². The summed E-state index contributed by atoms with van der Waals surface area (Å²) in [6.07, 6.45) is -0.391. The molecule has 0 fully saturated rings. The standard InChI is InChI=1S/C11H11BrFNO/c1-2-7(6-14)11(15)8-3-4-9(12)10(13)5-8/h3-5,7,11,15H,2H2,1H3. The second-order valence-electron chi connectivity index (χ2n) is 3.26. The molecular formula is C11H11BrFNO. The Labute approximate surface area is 96.5 Å². The summed E-state index contributed by atoms with van der Waals surface area (Å²) in [5, 5.41) is 18.6. The molecule has 1 aromatic carbocycles. The van der Waals surface area contributed by atoms with E-state index in [-0.39, 0.29) is 0 Å². The van der Waals surface area contributed by atoms with Crippen LogP contribution in [0.15, 0.2) is 22.7 Å². The molecule has 0 saturated carbocycles. The van der Waals surface area contributed by atoms with Crippen LogP contribution in [0.5, 0.6) is 0 Å². The third kappa shape index (κ3) is 2.77. The smallest absolute Gasteiger partial charge is 0.137 e. The van der Waals surface area contributed by atoms with Gasteiger partial charge in [-0.05, 0) is 40.0 Å². The van der Waals surface area contributed by atoms with Crippen LogP contribution in [0.25, 0.3) is 0 Å². The lowest BCUT2D eigenvalue weighted by Crippen LogP contribution is -2.10. The number of benzene rings is 1. The highest BCUT2D eigenvalue weighted by atomic mass is 79.9.